The Kier molecular flexibility index (Phi) is 6.79. The number of piperidine rings is 1. The minimum absolute atomic E-state index is 0.0560. The van der Waals surface area contributed by atoms with Crippen molar-refractivity contribution in [2.45, 2.75) is 39.0 Å². The van der Waals surface area contributed by atoms with Gasteiger partial charge >= 0.3 is 11.7 Å². The molecule has 0 aliphatic carbocycles. The Morgan fingerprint density at radius 3 is 2.66 bits per heavy atom. The molecular formula is C20H25FN4O4. The fraction of sp³-hybridized carbons (Fsp3) is 0.500. The number of aromatic amines is 1. The van der Waals surface area contributed by atoms with Crippen LogP contribution in [0, 0.1) is 11.7 Å². The number of benzene rings is 1. The first kappa shape index (κ1) is 20.8. The van der Waals surface area contributed by atoms with Crippen LogP contribution in [0.4, 0.5) is 4.39 Å². The van der Waals surface area contributed by atoms with Gasteiger partial charge in [0.15, 0.2) is 0 Å². The second-order valence-corrected chi connectivity index (χ2v) is 7.07. The van der Waals surface area contributed by atoms with Crippen molar-refractivity contribution in [2.75, 3.05) is 19.7 Å². The van der Waals surface area contributed by atoms with E-state index in [0.717, 1.165) is 12.8 Å². The lowest BCUT2D eigenvalue weighted by atomic mass is 9.93. The Bertz CT molecular complexity index is 915. The number of para-hydroxylation sites is 1. The first-order valence-electron chi connectivity index (χ1n) is 9.84. The molecule has 156 valence electrons. The fourth-order valence-electron chi connectivity index (χ4n) is 3.59. The standard InChI is InChI=1S/C20H25FN4O4/c1-2-29-19(27)8-7-18(26)24-11-9-14(10-12-24)13-17-22-23-20(28)25(17)16-6-4-3-5-15(16)21/h3-6,14H,2,7-13H2,1H3,(H,23,28). The molecule has 1 fully saturated rings. The van der Waals surface area contributed by atoms with E-state index in [-0.39, 0.29) is 36.3 Å². The summed E-state index contributed by atoms with van der Waals surface area (Å²) in [6.07, 6.45) is 2.26. The number of esters is 1. The number of carbonyl (C=O) groups is 2. The Hall–Kier alpha value is -2.97. The molecule has 0 saturated carbocycles. The van der Waals surface area contributed by atoms with Crippen molar-refractivity contribution in [2.24, 2.45) is 5.92 Å². The van der Waals surface area contributed by atoms with Crippen LogP contribution in [0.25, 0.3) is 5.69 Å². The maximum Gasteiger partial charge on any atom is 0.348 e. The Morgan fingerprint density at radius 2 is 1.97 bits per heavy atom. The van der Waals surface area contributed by atoms with Gasteiger partial charge in [-0.2, -0.15) is 5.10 Å². The Morgan fingerprint density at radius 1 is 1.24 bits per heavy atom. The molecule has 1 aliphatic heterocycles. The van der Waals surface area contributed by atoms with Crippen molar-refractivity contribution >= 4 is 11.9 Å². The van der Waals surface area contributed by atoms with Gasteiger partial charge in [0.1, 0.15) is 11.6 Å². The van der Waals surface area contributed by atoms with E-state index in [1.165, 1.54) is 10.6 Å². The van der Waals surface area contributed by atoms with Gasteiger partial charge in [-0.1, -0.05) is 12.1 Å². The van der Waals surface area contributed by atoms with Crippen LogP contribution in [0.1, 0.15) is 38.4 Å². The number of carbonyl (C=O) groups excluding carboxylic acids is 2. The van der Waals surface area contributed by atoms with Crippen LogP contribution in [-0.4, -0.2) is 51.2 Å². The topological polar surface area (TPSA) is 97.3 Å². The molecule has 1 aromatic heterocycles. The molecule has 0 bridgehead atoms. The lowest BCUT2D eigenvalue weighted by Crippen LogP contribution is -2.39. The maximum absolute atomic E-state index is 14.1. The summed E-state index contributed by atoms with van der Waals surface area (Å²) in [5, 5.41) is 6.47. The van der Waals surface area contributed by atoms with Gasteiger partial charge in [0.2, 0.25) is 5.91 Å². The molecule has 9 heteroatoms. The van der Waals surface area contributed by atoms with Crippen LogP contribution in [0.5, 0.6) is 0 Å². The number of rotatable bonds is 7. The molecule has 2 heterocycles. The normalized spacial score (nSPS) is 14.8. The predicted molar refractivity (Wildman–Crippen MR) is 103 cm³/mol. The number of nitrogens with zero attached hydrogens (tertiary/aromatic N) is 3. The molecule has 3 rings (SSSR count). The summed E-state index contributed by atoms with van der Waals surface area (Å²) in [7, 11) is 0. The Labute approximate surface area is 167 Å². The van der Waals surface area contributed by atoms with Gasteiger partial charge in [-0.25, -0.2) is 18.9 Å². The minimum atomic E-state index is -0.487. The van der Waals surface area contributed by atoms with Gasteiger partial charge < -0.3 is 9.64 Å². The van der Waals surface area contributed by atoms with E-state index in [1.54, 1.807) is 30.0 Å². The zero-order valence-corrected chi connectivity index (χ0v) is 16.4. The van der Waals surface area contributed by atoms with Crippen LogP contribution in [-0.2, 0) is 20.7 Å². The molecule has 1 N–H and O–H groups in total. The number of H-pyrrole nitrogens is 1. The van der Waals surface area contributed by atoms with E-state index >= 15 is 0 Å². The third kappa shape index (κ3) is 5.10. The molecule has 1 aliphatic rings. The molecule has 8 nitrogen and oxygen atoms in total. The molecule has 2 aromatic rings. The Balaban J connectivity index is 1.57. The monoisotopic (exact) mass is 404 g/mol. The molecule has 1 aromatic carbocycles. The van der Waals surface area contributed by atoms with E-state index in [9.17, 15) is 18.8 Å². The smallest absolute Gasteiger partial charge is 0.348 e. The maximum atomic E-state index is 14.1. The van der Waals surface area contributed by atoms with Crippen molar-refractivity contribution in [3.05, 3.63) is 46.4 Å². The zero-order valence-electron chi connectivity index (χ0n) is 16.4. The lowest BCUT2D eigenvalue weighted by molar-refractivity contribution is -0.146. The number of aromatic nitrogens is 3. The van der Waals surface area contributed by atoms with E-state index in [0.29, 0.717) is 31.9 Å². The van der Waals surface area contributed by atoms with Crippen molar-refractivity contribution in [3.8, 4) is 5.69 Å². The minimum Gasteiger partial charge on any atom is -0.466 e. The van der Waals surface area contributed by atoms with Gasteiger partial charge in [0, 0.05) is 25.9 Å². The molecule has 1 amide bonds. The average molecular weight is 404 g/mol. The van der Waals surface area contributed by atoms with Gasteiger partial charge in [-0.3, -0.25) is 9.59 Å². The van der Waals surface area contributed by atoms with Crippen LogP contribution in [0.3, 0.4) is 0 Å². The summed E-state index contributed by atoms with van der Waals surface area (Å²) >= 11 is 0. The van der Waals surface area contributed by atoms with Crippen molar-refractivity contribution in [1.82, 2.24) is 19.7 Å². The van der Waals surface area contributed by atoms with Crippen LogP contribution >= 0.6 is 0 Å². The quantitative estimate of drug-likeness (QED) is 0.710. The summed E-state index contributed by atoms with van der Waals surface area (Å²) in [5.41, 5.74) is -0.301. The van der Waals surface area contributed by atoms with E-state index in [4.69, 9.17) is 4.74 Å². The van der Waals surface area contributed by atoms with Crippen LogP contribution in [0.2, 0.25) is 0 Å². The zero-order chi connectivity index (χ0) is 20.8. The van der Waals surface area contributed by atoms with E-state index < -0.39 is 11.5 Å². The lowest BCUT2D eigenvalue weighted by Gasteiger charge is -2.32. The number of nitrogens with one attached hydrogen (secondary N) is 1. The first-order valence-corrected chi connectivity index (χ1v) is 9.84. The number of amides is 1. The number of ether oxygens (including phenoxy) is 1. The molecule has 29 heavy (non-hydrogen) atoms. The second kappa shape index (κ2) is 9.49. The van der Waals surface area contributed by atoms with Gasteiger partial charge in [0.05, 0.1) is 18.7 Å². The van der Waals surface area contributed by atoms with Crippen LogP contribution < -0.4 is 5.69 Å². The number of hydrogen-bond donors (Lipinski definition) is 1. The van der Waals surface area contributed by atoms with Crippen molar-refractivity contribution in [3.63, 3.8) is 0 Å². The second-order valence-electron chi connectivity index (χ2n) is 7.07. The number of halogens is 1. The molecule has 0 unspecified atom stereocenters. The fourth-order valence-corrected chi connectivity index (χ4v) is 3.59. The first-order chi connectivity index (χ1) is 14.0. The molecule has 1 saturated heterocycles. The van der Waals surface area contributed by atoms with Gasteiger partial charge in [-0.05, 0) is 37.8 Å². The molecular weight excluding hydrogens is 379 g/mol. The van der Waals surface area contributed by atoms with Gasteiger partial charge in [-0.15, -0.1) is 0 Å². The predicted octanol–water partition coefficient (Wildman–Crippen LogP) is 1.82. The highest BCUT2D eigenvalue weighted by atomic mass is 19.1. The summed E-state index contributed by atoms with van der Waals surface area (Å²) in [4.78, 5) is 37.6. The summed E-state index contributed by atoms with van der Waals surface area (Å²) in [6.45, 7) is 3.21. The van der Waals surface area contributed by atoms with E-state index in [2.05, 4.69) is 10.2 Å². The van der Waals surface area contributed by atoms with Crippen molar-refractivity contribution < 1.29 is 18.7 Å². The van der Waals surface area contributed by atoms with Gasteiger partial charge in [0.25, 0.3) is 0 Å². The highest BCUT2D eigenvalue weighted by molar-refractivity contribution is 5.81. The molecule has 0 atom stereocenters. The number of hydrogen-bond acceptors (Lipinski definition) is 5. The third-order valence-electron chi connectivity index (χ3n) is 5.12. The average Bonchev–Trinajstić information content (AvgIpc) is 3.07. The highest BCUT2D eigenvalue weighted by Crippen LogP contribution is 2.23. The third-order valence-corrected chi connectivity index (χ3v) is 5.12. The SMILES string of the molecule is CCOC(=O)CCC(=O)N1CCC(Cc2n[nH]c(=O)n2-c2ccccc2F)CC1. The largest absolute Gasteiger partial charge is 0.466 e. The molecule has 0 spiro atoms. The van der Waals surface area contributed by atoms with E-state index in [1.807, 2.05) is 0 Å². The summed E-state index contributed by atoms with van der Waals surface area (Å²) in [6, 6.07) is 6.08. The summed E-state index contributed by atoms with van der Waals surface area (Å²) < 4.78 is 20.2. The van der Waals surface area contributed by atoms with Crippen molar-refractivity contribution in [1.29, 1.82) is 0 Å². The molecule has 0 radical (unpaired) electrons. The summed E-state index contributed by atoms with van der Waals surface area (Å²) in [5.74, 6) is -0.198. The number of likely N-dealkylation sites (tertiary alicyclic amines) is 1. The van der Waals surface area contributed by atoms with Crippen LogP contribution in [0.15, 0.2) is 29.1 Å². The highest BCUT2D eigenvalue weighted by Gasteiger charge is 2.25.